The molecule has 0 spiro atoms. The summed E-state index contributed by atoms with van der Waals surface area (Å²) in [6, 6.07) is 12.5. The van der Waals surface area contributed by atoms with Crippen molar-refractivity contribution < 1.29 is 19.7 Å². The van der Waals surface area contributed by atoms with Crippen molar-refractivity contribution in [3.63, 3.8) is 0 Å². The van der Waals surface area contributed by atoms with Crippen LogP contribution in [0.2, 0.25) is 0 Å². The van der Waals surface area contributed by atoms with Crippen LogP contribution >= 0.6 is 0 Å². The van der Waals surface area contributed by atoms with Crippen molar-refractivity contribution in [2.24, 2.45) is 0 Å². The largest absolute Gasteiger partial charge is 0.489 e. The van der Waals surface area contributed by atoms with E-state index in [9.17, 15) is 10.1 Å². The van der Waals surface area contributed by atoms with Gasteiger partial charge in [0.25, 0.3) is 5.69 Å². The summed E-state index contributed by atoms with van der Waals surface area (Å²) in [5.74, 6) is 0.577. The van der Waals surface area contributed by atoms with Crippen LogP contribution in [0.15, 0.2) is 48.5 Å². The molecule has 20 heavy (non-hydrogen) atoms. The molecule has 2 rings (SSSR count). The zero-order chi connectivity index (χ0) is 14.5. The number of nitro benzene ring substituents is 1. The molecule has 6 nitrogen and oxygen atoms in total. The van der Waals surface area contributed by atoms with Crippen molar-refractivity contribution >= 4 is 18.3 Å². The molecule has 0 aliphatic carbocycles. The first-order chi connectivity index (χ1) is 9.56. The monoisotopic (exact) mass is 273 g/mol. The van der Waals surface area contributed by atoms with E-state index < -0.39 is 12.0 Å². The maximum atomic E-state index is 10.5. The van der Waals surface area contributed by atoms with Gasteiger partial charge < -0.3 is 14.8 Å². The van der Waals surface area contributed by atoms with Crippen LogP contribution in [0.4, 0.5) is 5.69 Å². The molecule has 0 aromatic heterocycles. The molecule has 102 valence electrons. The smallest absolute Gasteiger partial charge is 0.488 e. The minimum atomic E-state index is -1.50. The van der Waals surface area contributed by atoms with Crippen LogP contribution in [0.1, 0.15) is 5.56 Å². The highest BCUT2D eigenvalue weighted by Crippen LogP contribution is 2.14. The fourth-order valence-corrected chi connectivity index (χ4v) is 1.62. The summed E-state index contributed by atoms with van der Waals surface area (Å²) in [5.41, 5.74) is 1.23. The number of benzene rings is 2. The molecular formula is C13H12BNO5. The van der Waals surface area contributed by atoms with Gasteiger partial charge in [-0.3, -0.25) is 10.1 Å². The highest BCUT2D eigenvalue weighted by atomic mass is 16.6. The predicted octanol–water partition coefficient (Wildman–Crippen LogP) is 0.854. The molecule has 0 radical (unpaired) electrons. The van der Waals surface area contributed by atoms with Crippen LogP contribution in [0.5, 0.6) is 5.75 Å². The molecule has 2 N–H and O–H groups in total. The van der Waals surface area contributed by atoms with E-state index in [0.717, 1.165) is 5.56 Å². The van der Waals surface area contributed by atoms with Crippen molar-refractivity contribution in [3.8, 4) is 5.75 Å². The van der Waals surface area contributed by atoms with Crippen molar-refractivity contribution in [2.45, 2.75) is 6.61 Å². The summed E-state index contributed by atoms with van der Waals surface area (Å²) < 4.78 is 5.49. The zero-order valence-corrected chi connectivity index (χ0v) is 10.5. The number of nitrogens with zero attached hydrogens (tertiary/aromatic N) is 1. The molecule has 2 aromatic rings. The van der Waals surface area contributed by atoms with E-state index in [1.54, 1.807) is 36.4 Å². The lowest BCUT2D eigenvalue weighted by Crippen LogP contribution is -2.29. The molecule has 0 bridgehead atoms. The average molecular weight is 273 g/mol. The maximum Gasteiger partial charge on any atom is 0.488 e. The quantitative estimate of drug-likeness (QED) is 0.478. The normalized spacial score (nSPS) is 10.1. The van der Waals surface area contributed by atoms with E-state index in [1.807, 2.05) is 0 Å². The minimum Gasteiger partial charge on any atom is -0.489 e. The van der Waals surface area contributed by atoms with Crippen molar-refractivity contribution in [2.75, 3.05) is 0 Å². The van der Waals surface area contributed by atoms with E-state index in [-0.39, 0.29) is 12.3 Å². The first-order valence-corrected chi connectivity index (χ1v) is 5.88. The Labute approximate surface area is 115 Å². The molecule has 0 saturated carbocycles. The number of nitro groups is 1. The third-order valence-corrected chi connectivity index (χ3v) is 2.73. The van der Waals surface area contributed by atoms with Crippen molar-refractivity contribution in [1.29, 1.82) is 0 Å². The Hall–Kier alpha value is -2.38. The first kappa shape index (κ1) is 14.0. The second-order valence-corrected chi connectivity index (χ2v) is 4.15. The third-order valence-electron chi connectivity index (χ3n) is 2.73. The van der Waals surface area contributed by atoms with Crippen LogP contribution in [0.3, 0.4) is 0 Å². The first-order valence-electron chi connectivity index (χ1n) is 5.88. The molecule has 0 unspecified atom stereocenters. The molecule has 0 aliphatic rings. The summed E-state index contributed by atoms with van der Waals surface area (Å²) in [4.78, 5) is 10.1. The predicted molar refractivity (Wildman–Crippen MR) is 73.7 cm³/mol. The topological polar surface area (TPSA) is 92.8 Å². The second-order valence-electron chi connectivity index (χ2n) is 4.15. The Kier molecular flexibility index (Phi) is 4.34. The zero-order valence-electron chi connectivity index (χ0n) is 10.5. The maximum absolute atomic E-state index is 10.5. The van der Waals surface area contributed by atoms with Gasteiger partial charge in [-0.1, -0.05) is 12.1 Å². The minimum absolute atomic E-state index is 0.0371. The Morgan fingerprint density at radius 2 is 1.65 bits per heavy atom. The molecule has 0 atom stereocenters. The van der Waals surface area contributed by atoms with Crippen LogP contribution in [-0.2, 0) is 6.61 Å². The van der Waals surface area contributed by atoms with Gasteiger partial charge in [-0.2, -0.15) is 0 Å². The molecule has 0 amide bonds. The highest BCUT2D eigenvalue weighted by molar-refractivity contribution is 6.58. The summed E-state index contributed by atoms with van der Waals surface area (Å²) in [6.45, 7) is 0.277. The van der Waals surface area contributed by atoms with Crippen molar-refractivity contribution in [1.82, 2.24) is 0 Å². The number of hydrogen-bond acceptors (Lipinski definition) is 5. The summed E-state index contributed by atoms with van der Waals surface area (Å²) in [6.07, 6.45) is 0. The highest BCUT2D eigenvalue weighted by Gasteiger charge is 2.10. The van der Waals surface area contributed by atoms with Gasteiger partial charge in [0.1, 0.15) is 12.4 Å². The lowest BCUT2D eigenvalue weighted by molar-refractivity contribution is -0.384. The Bertz CT molecular complexity index is 583. The van der Waals surface area contributed by atoms with Crippen LogP contribution < -0.4 is 10.2 Å². The Morgan fingerprint density at radius 1 is 1.05 bits per heavy atom. The van der Waals surface area contributed by atoms with E-state index in [4.69, 9.17) is 14.8 Å². The van der Waals surface area contributed by atoms with Gasteiger partial charge in [0.2, 0.25) is 0 Å². The van der Waals surface area contributed by atoms with E-state index in [2.05, 4.69) is 0 Å². The van der Waals surface area contributed by atoms with Gasteiger partial charge in [0, 0.05) is 12.1 Å². The molecular weight excluding hydrogens is 261 g/mol. The average Bonchev–Trinajstić information content (AvgIpc) is 2.46. The number of non-ortho nitro benzene ring substituents is 1. The molecule has 7 heteroatoms. The van der Waals surface area contributed by atoms with Crippen LogP contribution in [0.25, 0.3) is 0 Å². The number of hydrogen-bond donors (Lipinski definition) is 2. The fraction of sp³-hybridized carbons (Fsp3) is 0.0769. The Morgan fingerprint density at radius 3 is 2.15 bits per heavy atom. The summed E-state index contributed by atoms with van der Waals surface area (Å²) in [5, 5.41) is 28.4. The van der Waals surface area contributed by atoms with Gasteiger partial charge in [-0.15, -0.1) is 0 Å². The van der Waals surface area contributed by atoms with E-state index in [0.29, 0.717) is 11.2 Å². The van der Waals surface area contributed by atoms with Gasteiger partial charge in [0.15, 0.2) is 0 Å². The number of rotatable bonds is 5. The third kappa shape index (κ3) is 3.56. The van der Waals surface area contributed by atoms with Gasteiger partial charge in [-0.05, 0) is 35.3 Å². The van der Waals surface area contributed by atoms with Crippen LogP contribution in [0, 0.1) is 10.1 Å². The Balaban J connectivity index is 1.96. The van der Waals surface area contributed by atoms with Gasteiger partial charge in [0.05, 0.1) is 4.92 Å². The van der Waals surface area contributed by atoms with Crippen LogP contribution in [-0.4, -0.2) is 22.1 Å². The van der Waals surface area contributed by atoms with E-state index >= 15 is 0 Å². The standard InChI is InChI=1S/C13H12BNO5/c16-14(17)11-3-7-13(8-4-11)20-9-10-1-5-12(6-2-10)15(18)19/h1-8,16-17H,9H2. The lowest BCUT2D eigenvalue weighted by Gasteiger charge is -2.07. The van der Waals surface area contributed by atoms with Gasteiger partial charge >= 0.3 is 7.12 Å². The lowest BCUT2D eigenvalue weighted by atomic mass is 9.80. The summed E-state index contributed by atoms with van der Waals surface area (Å²) in [7, 11) is -1.50. The van der Waals surface area contributed by atoms with E-state index in [1.165, 1.54) is 12.1 Å². The SMILES string of the molecule is O=[N+]([O-])c1ccc(COc2ccc(B(O)O)cc2)cc1. The fourth-order valence-electron chi connectivity index (χ4n) is 1.62. The molecule has 0 heterocycles. The summed E-state index contributed by atoms with van der Waals surface area (Å²) >= 11 is 0. The van der Waals surface area contributed by atoms with Crippen molar-refractivity contribution in [3.05, 3.63) is 64.2 Å². The molecule has 0 aliphatic heterocycles. The molecule has 0 saturated heterocycles. The number of ether oxygens (including phenoxy) is 1. The second kappa shape index (κ2) is 6.18. The van der Waals surface area contributed by atoms with Gasteiger partial charge in [-0.25, -0.2) is 0 Å². The molecule has 0 fully saturated rings. The molecule has 2 aromatic carbocycles.